The topological polar surface area (TPSA) is 84.2 Å². The van der Waals surface area contributed by atoms with Crippen LogP contribution in [0.15, 0.2) is 28.7 Å². The molecule has 0 aliphatic heterocycles. The number of aromatic nitrogens is 2. The largest absolute Gasteiger partial charge is 0.393 e. The van der Waals surface area contributed by atoms with E-state index in [2.05, 4.69) is 9.82 Å². The third kappa shape index (κ3) is 3.21. The van der Waals surface area contributed by atoms with Gasteiger partial charge in [-0.1, -0.05) is 11.6 Å². The summed E-state index contributed by atoms with van der Waals surface area (Å²) in [5.41, 5.74) is 0.797. The number of sulfonamides is 1. The highest BCUT2D eigenvalue weighted by atomic mass is 35.5. The third-order valence-electron chi connectivity index (χ3n) is 3.80. The lowest BCUT2D eigenvalue weighted by Crippen LogP contribution is -2.41. The molecule has 1 aliphatic carbocycles. The van der Waals surface area contributed by atoms with Crippen LogP contribution in [0.25, 0.3) is 0 Å². The van der Waals surface area contributed by atoms with E-state index < -0.39 is 16.1 Å². The number of halogens is 1. The van der Waals surface area contributed by atoms with Crippen LogP contribution in [0, 0.1) is 5.92 Å². The third-order valence-corrected chi connectivity index (χ3v) is 6.96. The van der Waals surface area contributed by atoms with Gasteiger partial charge in [0.15, 0.2) is 0 Å². The molecule has 3 rings (SSSR count). The van der Waals surface area contributed by atoms with Gasteiger partial charge in [0.2, 0.25) is 0 Å². The molecule has 1 saturated carbocycles. The highest BCUT2D eigenvalue weighted by Gasteiger charge is 2.38. The van der Waals surface area contributed by atoms with Crippen LogP contribution < -0.4 is 4.72 Å². The maximum absolute atomic E-state index is 12.5. The van der Waals surface area contributed by atoms with Crippen LogP contribution in [0.4, 0.5) is 0 Å². The van der Waals surface area contributed by atoms with Gasteiger partial charge in [0.05, 0.1) is 22.7 Å². The Hall–Kier alpha value is -0.930. The van der Waals surface area contributed by atoms with E-state index in [1.54, 1.807) is 30.2 Å². The number of thiophene rings is 1. The fourth-order valence-corrected chi connectivity index (χ4v) is 5.40. The second kappa shape index (κ2) is 5.93. The van der Waals surface area contributed by atoms with E-state index in [1.165, 1.54) is 6.07 Å². The molecular formula is C13H16ClN3O3S2. The zero-order chi connectivity index (χ0) is 15.9. The fraction of sp³-hybridized carbons (Fsp3) is 0.462. The molecular weight excluding hydrogens is 346 g/mol. The average molecular weight is 362 g/mol. The summed E-state index contributed by atoms with van der Waals surface area (Å²) in [6.07, 6.45) is 4.24. The Morgan fingerprint density at radius 2 is 2.23 bits per heavy atom. The lowest BCUT2D eigenvalue weighted by molar-refractivity contribution is 0.0280. The van der Waals surface area contributed by atoms with Gasteiger partial charge in [-0.15, -0.1) is 11.3 Å². The van der Waals surface area contributed by atoms with Gasteiger partial charge < -0.3 is 5.11 Å². The van der Waals surface area contributed by atoms with Crippen LogP contribution in [0.2, 0.25) is 4.34 Å². The van der Waals surface area contributed by atoms with Crippen LogP contribution in [0.3, 0.4) is 0 Å². The van der Waals surface area contributed by atoms with Gasteiger partial charge in [0, 0.05) is 18.8 Å². The second-order valence-corrected chi connectivity index (χ2v) is 9.15. The van der Waals surface area contributed by atoms with Crippen LogP contribution in [-0.2, 0) is 17.1 Å². The van der Waals surface area contributed by atoms with Gasteiger partial charge in [-0.2, -0.15) is 5.10 Å². The molecule has 0 unspecified atom stereocenters. The Kier molecular flexibility index (Phi) is 4.30. The van der Waals surface area contributed by atoms with Gasteiger partial charge in [0.1, 0.15) is 4.21 Å². The minimum Gasteiger partial charge on any atom is -0.393 e. The molecule has 0 bridgehead atoms. The van der Waals surface area contributed by atoms with E-state index in [-0.39, 0.29) is 16.2 Å². The summed E-state index contributed by atoms with van der Waals surface area (Å²) >= 11 is 6.84. The average Bonchev–Trinajstić information content (AvgIpc) is 3.02. The van der Waals surface area contributed by atoms with Gasteiger partial charge in [-0.25, -0.2) is 13.1 Å². The first-order valence-electron chi connectivity index (χ1n) is 6.79. The summed E-state index contributed by atoms with van der Waals surface area (Å²) < 4.78 is 30.0. The number of rotatable bonds is 5. The van der Waals surface area contributed by atoms with E-state index >= 15 is 0 Å². The molecule has 1 fully saturated rings. The number of aliphatic hydroxyl groups is 1. The number of hydrogen-bond donors (Lipinski definition) is 2. The molecule has 22 heavy (non-hydrogen) atoms. The normalized spacial score (nSPS) is 23.2. The van der Waals surface area contributed by atoms with Crippen molar-refractivity contribution in [1.82, 2.24) is 14.5 Å². The summed E-state index contributed by atoms with van der Waals surface area (Å²) in [6.45, 7) is 0. The molecule has 0 radical (unpaired) electrons. The summed E-state index contributed by atoms with van der Waals surface area (Å²) in [4.78, 5) is 0. The SMILES string of the molecule is Cn1cc([C@@H](NS(=O)(=O)c2ccc(Cl)s2)C2CC(O)C2)cn1. The lowest BCUT2D eigenvalue weighted by Gasteiger charge is -2.37. The van der Waals surface area contributed by atoms with E-state index in [0.29, 0.717) is 17.2 Å². The standard InChI is InChI=1S/C13H16ClN3O3S2/c1-17-7-9(6-15-17)13(8-4-10(18)5-8)16-22(19,20)12-3-2-11(14)21-12/h2-3,6-8,10,13,16,18H,4-5H2,1H3/t8?,10?,13-/m0/s1. The van der Waals surface area contributed by atoms with E-state index in [1.807, 2.05) is 0 Å². The van der Waals surface area contributed by atoms with Crippen LogP contribution in [0.1, 0.15) is 24.4 Å². The molecule has 0 aromatic carbocycles. The molecule has 9 heteroatoms. The Bertz CT molecular complexity index is 765. The molecule has 2 aromatic rings. The number of aryl methyl sites for hydroxylation is 1. The Morgan fingerprint density at radius 1 is 1.50 bits per heavy atom. The summed E-state index contributed by atoms with van der Waals surface area (Å²) in [7, 11) is -1.87. The smallest absolute Gasteiger partial charge is 0.250 e. The first-order valence-corrected chi connectivity index (χ1v) is 9.47. The Labute approximate surface area is 137 Å². The summed E-state index contributed by atoms with van der Waals surface area (Å²) in [5.74, 6) is 0.0596. The zero-order valence-corrected chi connectivity index (χ0v) is 14.2. The van der Waals surface area contributed by atoms with Crippen LogP contribution in [-0.4, -0.2) is 29.4 Å². The highest BCUT2D eigenvalue weighted by molar-refractivity contribution is 7.91. The quantitative estimate of drug-likeness (QED) is 0.852. The fourth-order valence-electron chi connectivity index (χ4n) is 2.61. The monoisotopic (exact) mass is 361 g/mol. The van der Waals surface area contributed by atoms with Gasteiger partial charge in [0.25, 0.3) is 10.0 Å². The Morgan fingerprint density at radius 3 is 2.73 bits per heavy atom. The molecule has 2 N–H and O–H groups in total. The highest BCUT2D eigenvalue weighted by Crippen LogP contribution is 2.39. The molecule has 0 amide bonds. The maximum Gasteiger partial charge on any atom is 0.250 e. The molecule has 2 aromatic heterocycles. The zero-order valence-electron chi connectivity index (χ0n) is 11.8. The predicted octanol–water partition coefficient (Wildman–Crippen LogP) is 1.93. The van der Waals surface area contributed by atoms with Crippen LogP contribution >= 0.6 is 22.9 Å². The Balaban J connectivity index is 1.87. The van der Waals surface area contributed by atoms with Crippen molar-refractivity contribution in [2.75, 3.05) is 0 Å². The first kappa shape index (κ1) is 15.9. The van der Waals surface area contributed by atoms with E-state index in [0.717, 1.165) is 16.9 Å². The molecule has 1 aliphatic rings. The van der Waals surface area contributed by atoms with Crippen molar-refractivity contribution in [2.45, 2.75) is 29.2 Å². The summed E-state index contributed by atoms with van der Waals surface area (Å²) in [5, 5.41) is 13.6. The maximum atomic E-state index is 12.5. The minimum atomic E-state index is -3.65. The first-order chi connectivity index (χ1) is 10.3. The van der Waals surface area contributed by atoms with Crippen molar-refractivity contribution in [1.29, 1.82) is 0 Å². The van der Waals surface area contributed by atoms with Crippen molar-refractivity contribution in [2.24, 2.45) is 13.0 Å². The lowest BCUT2D eigenvalue weighted by atomic mass is 9.76. The van der Waals surface area contributed by atoms with E-state index in [9.17, 15) is 13.5 Å². The number of nitrogens with one attached hydrogen (secondary N) is 1. The predicted molar refractivity (Wildman–Crippen MR) is 84.3 cm³/mol. The van der Waals surface area contributed by atoms with Crippen molar-refractivity contribution in [3.8, 4) is 0 Å². The van der Waals surface area contributed by atoms with Gasteiger partial charge in [-0.05, 0) is 30.9 Å². The van der Waals surface area contributed by atoms with Gasteiger partial charge in [-0.3, -0.25) is 4.68 Å². The van der Waals surface area contributed by atoms with Crippen molar-refractivity contribution in [3.63, 3.8) is 0 Å². The second-order valence-electron chi connectivity index (χ2n) is 5.49. The molecule has 2 heterocycles. The number of aliphatic hydroxyl groups excluding tert-OH is 1. The van der Waals surface area contributed by atoms with Crippen LogP contribution in [0.5, 0.6) is 0 Å². The molecule has 1 atom stereocenters. The van der Waals surface area contributed by atoms with E-state index in [4.69, 9.17) is 11.6 Å². The molecule has 0 spiro atoms. The molecule has 0 saturated heterocycles. The summed E-state index contributed by atoms with van der Waals surface area (Å²) in [6, 6.07) is 2.65. The minimum absolute atomic E-state index is 0.0596. The van der Waals surface area contributed by atoms with Crippen molar-refractivity contribution in [3.05, 3.63) is 34.4 Å². The van der Waals surface area contributed by atoms with Gasteiger partial charge >= 0.3 is 0 Å². The van der Waals surface area contributed by atoms with Crippen molar-refractivity contribution < 1.29 is 13.5 Å². The molecule has 6 nitrogen and oxygen atoms in total. The molecule has 120 valence electrons. The number of hydrogen-bond acceptors (Lipinski definition) is 5. The number of nitrogens with zero attached hydrogens (tertiary/aromatic N) is 2. The van der Waals surface area contributed by atoms with Crippen molar-refractivity contribution >= 4 is 33.0 Å².